The first-order valence-corrected chi connectivity index (χ1v) is 7.00. The second-order valence-corrected chi connectivity index (χ2v) is 4.91. The van der Waals surface area contributed by atoms with Crippen LogP contribution in [-0.4, -0.2) is 17.1 Å². The van der Waals surface area contributed by atoms with Gasteiger partial charge in [0.1, 0.15) is 5.75 Å². The van der Waals surface area contributed by atoms with Crippen molar-refractivity contribution >= 4 is 17.0 Å². The highest BCUT2D eigenvalue weighted by Gasteiger charge is 2.20. The quantitative estimate of drug-likeness (QED) is 0.745. The van der Waals surface area contributed by atoms with Crippen molar-refractivity contribution in [3.63, 3.8) is 0 Å². The number of fused-ring (bicyclic) bond motifs is 1. The Hall–Kier alpha value is -2.82. The van der Waals surface area contributed by atoms with E-state index in [-0.39, 0.29) is 0 Å². The molecule has 1 heterocycles. The fraction of sp³-hybridized carbons (Fsp3) is 0.176. The van der Waals surface area contributed by atoms with Crippen molar-refractivity contribution in [2.24, 2.45) is 0 Å². The van der Waals surface area contributed by atoms with Crippen molar-refractivity contribution in [2.75, 3.05) is 6.61 Å². The molecule has 0 unspecified atom stereocenters. The minimum atomic E-state index is -0.697. The molecule has 0 bridgehead atoms. The summed E-state index contributed by atoms with van der Waals surface area (Å²) in [5.74, 6) is -0.709. The average molecular weight is 297 g/mol. The summed E-state index contributed by atoms with van der Waals surface area (Å²) in [6.45, 7) is 4.16. The highest BCUT2D eigenvalue weighted by Crippen LogP contribution is 2.21. The number of aromatic nitrogens is 1. The van der Waals surface area contributed by atoms with Crippen LogP contribution in [0, 0.1) is 6.92 Å². The van der Waals surface area contributed by atoms with Crippen molar-refractivity contribution in [3.8, 4) is 5.75 Å². The van der Waals surface area contributed by atoms with Crippen LogP contribution in [-0.2, 0) is 0 Å². The molecule has 1 aromatic heterocycles. The molecule has 112 valence electrons. The smallest absolute Gasteiger partial charge is 0.427 e. The minimum absolute atomic E-state index is 0.329. The zero-order valence-corrected chi connectivity index (χ0v) is 12.3. The summed E-state index contributed by atoms with van der Waals surface area (Å²) < 4.78 is 11.6. The van der Waals surface area contributed by atoms with E-state index in [0.29, 0.717) is 29.0 Å². The minimum Gasteiger partial charge on any atom is -0.493 e. The molecule has 0 atom stereocenters. The van der Waals surface area contributed by atoms with Gasteiger partial charge in [-0.05, 0) is 43.7 Å². The van der Waals surface area contributed by atoms with E-state index in [1.54, 1.807) is 36.4 Å². The van der Waals surface area contributed by atoms with Gasteiger partial charge in [-0.15, -0.1) is 0 Å². The van der Waals surface area contributed by atoms with Crippen molar-refractivity contribution in [3.05, 3.63) is 64.1 Å². The maximum atomic E-state index is 12.8. The van der Waals surface area contributed by atoms with Gasteiger partial charge >= 0.3 is 5.76 Å². The predicted octanol–water partition coefficient (Wildman–Crippen LogP) is 2.99. The zero-order chi connectivity index (χ0) is 15.7. The molecule has 0 fully saturated rings. The first-order valence-electron chi connectivity index (χ1n) is 7.00. The topological polar surface area (TPSA) is 61.4 Å². The number of hydrogen-bond acceptors (Lipinski definition) is 4. The number of rotatable bonds is 3. The summed E-state index contributed by atoms with van der Waals surface area (Å²) in [4.78, 5) is 24.8. The van der Waals surface area contributed by atoms with Crippen molar-refractivity contribution in [1.29, 1.82) is 0 Å². The van der Waals surface area contributed by atoms with Gasteiger partial charge in [0.05, 0.1) is 17.7 Å². The number of oxazole rings is 1. The molecule has 5 heteroatoms. The fourth-order valence-corrected chi connectivity index (χ4v) is 2.36. The summed E-state index contributed by atoms with van der Waals surface area (Å²) in [7, 11) is 0. The van der Waals surface area contributed by atoms with Crippen LogP contribution < -0.4 is 10.5 Å². The van der Waals surface area contributed by atoms with E-state index in [1.807, 2.05) is 19.9 Å². The normalized spacial score (nSPS) is 10.8. The number of ether oxygens (including phenoxy) is 1. The molecule has 0 saturated heterocycles. The molecule has 2 aromatic carbocycles. The molecular formula is C17H15NO4. The lowest BCUT2D eigenvalue weighted by atomic mass is 10.1. The van der Waals surface area contributed by atoms with Gasteiger partial charge in [-0.25, -0.2) is 9.36 Å². The Morgan fingerprint density at radius 3 is 2.77 bits per heavy atom. The summed E-state index contributed by atoms with van der Waals surface area (Å²) in [5, 5.41) is 0. The van der Waals surface area contributed by atoms with Crippen LogP contribution in [0.25, 0.3) is 11.1 Å². The van der Waals surface area contributed by atoms with Gasteiger partial charge in [-0.1, -0.05) is 18.2 Å². The number of hydrogen-bond donors (Lipinski definition) is 0. The van der Waals surface area contributed by atoms with Crippen LogP contribution >= 0.6 is 0 Å². The van der Waals surface area contributed by atoms with Crippen LogP contribution in [0.1, 0.15) is 22.8 Å². The van der Waals surface area contributed by atoms with Crippen molar-refractivity contribution < 1.29 is 13.9 Å². The number of aryl methyl sites for hydroxylation is 1. The van der Waals surface area contributed by atoms with Gasteiger partial charge in [0, 0.05) is 0 Å². The molecule has 3 rings (SSSR count). The Labute approximate surface area is 126 Å². The van der Waals surface area contributed by atoms with E-state index < -0.39 is 11.7 Å². The second kappa shape index (κ2) is 5.52. The summed E-state index contributed by atoms with van der Waals surface area (Å²) in [5.41, 5.74) is 2.11. The van der Waals surface area contributed by atoms with Crippen LogP contribution in [0.15, 0.2) is 51.7 Å². The zero-order valence-electron chi connectivity index (χ0n) is 12.3. The molecule has 0 aliphatic heterocycles. The predicted molar refractivity (Wildman–Crippen MR) is 82.6 cm³/mol. The summed E-state index contributed by atoms with van der Waals surface area (Å²) in [6, 6.07) is 12.1. The van der Waals surface area contributed by atoms with Crippen LogP contribution in [0.4, 0.5) is 0 Å². The Bertz CT molecular complexity index is 904. The number of carbonyl (C=O) groups excluding carboxylic acids is 1. The van der Waals surface area contributed by atoms with E-state index in [2.05, 4.69) is 0 Å². The lowest BCUT2D eigenvalue weighted by molar-refractivity contribution is 0.0953. The molecule has 0 aliphatic carbocycles. The molecule has 0 aliphatic rings. The molecule has 3 aromatic rings. The standard InChI is InChI=1S/C17H15NO4/c1-3-21-14-7-5-4-6-12(14)16(19)18-13-10-11(2)8-9-15(13)22-17(18)20/h4-10H,3H2,1-2H3. The third-order valence-electron chi connectivity index (χ3n) is 3.36. The van der Waals surface area contributed by atoms with Crippen molar-refractivity contribution in [1.82, 2.24) is 4.57 Å². The molecule has 0 N–H and O–H groups in total. The number of carbonyl (C=O) groups is 1. The monoisotopic (exact) mass is 297 g/mol. The lowest BCUT2D eigenvalue weighted by Gasteiger charge is -2.09. The van der Waals surface area contributed by atoms with Gasteiger partial charge in [0.15, 0.2) is 5.58 Å². The number of nitrogens with zero attached hydrogens (tertiary/aromatic N) is 1. The van der Waals surface area contributed by atoms with E-state index in [4.69, 9.17) is 9.15 Å². The maximum absolute atomic E-state index is 12.8. The molecular weight excluding hydrogens is 282 g/mol. The molecule has 22 heavy (non-hydrogen) atoms. The van der Waals surface area contributed by atoms with Gasteiger partial charge in [-0.3, -0.25) is 4.79 Å². The van der Waals surface area contributed by atoms with Gasteiger partial charge in [0.25, 0.3) is 5.91 Å². The number of para-hydroxylation sites is 1. The van der Waals surface area contributed by atoms with E-state index in [0.717, 1.165) is 10.1 Å². The summed E-state index contributed by atoms with van der Waals surface area (Å²) in [6.07, 6.45) is 0. The molecule has 0 radical (unpaired) electrons. The Morgan fingerprint density at radius 2 is 2.00 bits per heavy atom. The lowest BCUT2D eigenvalue weighted by Crippen LogP contribution is -2.23. The van der Waals surface area contributed by atoms with Crippen molar-refractivity contribution in [2.45, 2.75) is 13.8 Å². The molecule has 0 saturated carbocycles. The molecule has 0 amide bonds. The van der Waals surface area contributed by atoms with Gasteiger partial charge in [-0.2, -0.15) is 0 Å². The fourth-order valence-electron chi connectivity index (χ4n) is 2.36. The van der Waals surface area contributed by atoms with E-state index in [1.165, 1.54) is 0 Å². The first kappa shape index (κ1) is 14.1. The second-order valence-electron chi connectivity index (χ2n) is 4.91. The Kier molecular flexibility index (Phi) is 3.55. The Balaban J connectivity index is 2.20. The highest BCUT2D eigenvalue weighted by molar-refractivity contribution is 6.02. The van der Waals surface area contributed by atoms with Crippen LogP contribution in [0.2, 0.25) is 0 Å². The average Bonchev–Trinajstić information content (AvgIpc) is 2.82. The largest absolute Gasteiger partial charge is 0.493 e. The van der Waals surface area contributed by atoms with E-state index in [9.17, 15) is 9.59 Å². The SMILES string of the molecule is CCOc1ccccc1C(=O)n1c(=O)oc2ccc(C)cc21. The Morgan fingerprint density at radius 1 is 1.23 bits per heavy atom. The van der Waals surface area contributed by atoms with Gasteiger partial charge in [0.2, 0.25) is 0 Å². The van der Waals surface area contributed by atoms with Gasteiger partial charge < -0.3 is 9.15 Å². The highest BCUT2D eigenvalue weighted by atomic mass is 16.5. The molecule has 0 spiro atoms. The maximum Gasteiger partial charge on any atom is 0.427 e. The third-order valence-corrected chi connectivity index (χ3v) is 3.36. The molecule has 5 nitrogen and oxygen atoms in total. The first-order chi connectivity index (χ1) is 10.6. The third kappa shape index (κ3) is 2.30. The summed E-state index contributed by atoms with van der Waals surface area (Å²) >= 11 is 0. The van der Waals surface area contributed by atoms with Crippen LogP contribution in [0.3, 0.4) is 0 Å². The number of benzene rings is 2. The van der Waals surface area contributed by atoms with Crippen LogP contribution in [0.5, 0.6) is 5.75 Å². The van der Waals surface area contributed by atoms with E-state index >= 15 is 0 Å².